The molecule has 8 heteroatoms. The average Bonchev–Trinajstić information content (AvgIpc) is 3.55. The van der Waals surface area contributed by atoms with Crippen LogP contribution in [0.25, 0.3) is 16.7 Å². The van der Waals surface area contributed by atoms with Crippen molar-refractivity contribution in [1.82, 2.24) is 19.3 Å². The number of carbonyl (C=O) groups excluding carboxylic acids is 1. The number of nitrogens with zero attached hydrogens (tertiary/aromatic N) is 3. The van der Waals surface area contributed by atoms with Gasteiger partial charge in [0.2, 0.25) is 6.79 Å². The second-order valence-corrected chi connectivity index (χ2v) is 8.07. The highest BCUT2D eigenvalue weighted by atomic mass is 16.7. The molecule has 2 aromatic carbocycles. The van der Waals surface area contributed by atoms with Crippen LogP contribution >= 0.6 is 0 Å². The van der Waals surface area contributed by atoms with Gasteiger partial charge in [0.05, 0.1) is 12.1 Å². The van der Waals surface area contributed by atoms with Crippen molar-refractivity contribution in [2.75, 3.05) is 6.79 Å². The standard InChI is InChI=1S/C26H20N4O4/c31-25(28-14-18-7-10-22-23(13-18)34-16-33-22)19-8-5-17(6-9-19)15-30-24-20(3-1-11-27-24)29-12-2-4-21(29)26(30)32/h1-13H,14-16H2,(H,28,31). The van der Waals surface area contributed by atoms with Gasteiger partial charge in [-0.25, -0.2) is 4.98 Å². The van der Waals surface area contributed by atoms with E-state index in [0.29, 0.717) is 41.3 Å². The number of benzene rings is 2. The molecule has 6 rings (SSSR count). The molecule has 4 heterocycles. The summed E-state index contributed by atoms with van der Waals surface area (Å²) in [4.78, 5) is 30.2. The van der Waals surface area contributed by atoms with Crippen molar-refractivity contribution >= 4 is 22.6 Å². The number of aromatic nitrogens is 3. The molecule has 1 N–H and O–H groups in total. The lowest BCUT2D eigenvalue weighted by Gasteiger charge is -2.12. The molecule has 5 aromatic rings. The SMILES string of the molecule is O=C(NCc1ccc2c(c1)OCO2)c1ccc(Cn2c(=O)c3cccn3c3cccnc32)cc1. The van der Waals surface area contributed by atoms with Gasteiger partial charge in [0, 0.05) is 24.5 Å². The number of hydrogen-bond acceptors (Lipinski definition) is 5. The summed E-state index contributed by atoms with van der Waals surface area (Å²) in [5.74, 6) is 1.22. The molecular formula is C26H20N4O4. The lowest BCUT2D eigenvalue weighted by Crippen LogP contribution is -2.24. The van der Waals surface area contributed by atoms with Gasteiger partial charge in [-0.1, -0.05) is 18.2 Å². The number of pyridine rings is 1. The summed E-state index contributed by atoms with van der Waals surface area (Å²) in [5.41, 5.74) is 4.33. The average molecular weight is 452 g/mol. The summed E-state index contributed by atoms with van der Waals surface area (Å²) in [7, 11) is 0. The third-order valence-corrected chi connectivity index (χ3v) is 5.94. The minimum atomic E-state index is -0.178. The Labute approximate surface area is 194 Å². The van der Waals surface area contributed by atoms with Crippen molar-refractivity contribution in [1.29, 1.82) is 0 Å². The van der Waals surface area contributed by atoms with Crippen LogP contribution in [0.5, 0.6) is 11.5 Å². The number of carbonyl (C=O) groups is 1. The van der Waals surface area contributed by atoms with Crippen LogP contribution in [0.3, 0.4) is 0 Å². The molecule has 3 aromatic heterocycles. The van der Waals surface area contributed by atoms with E-state index in [2.05, 4.69) is 10.3 Å². The van der Waals surface area contributed by atoms with Crippen LogP contribution in [0.1, 0.15) is 21.5 Å². The van der Waals surface area contributed by atoms with Crippen molar-refractivity contribution in [3.8, 4) is 11.5 Å². The van der Waals surface area contributed by atoms with Crippen LogP contribution in [0.2, 0.25) is 0 Å². The fourth-order valence-electron chi connectivity index (χ4n) is 4.21. The molecule has 0 spiro atoms. The van der Waals surface area contributed by atoms with Crippen LogP contribution in [-0.4, -0.2) is 26.7 Å². The van der Waals surface area contributed by atoms with Gasteiger partial charge in [-0.3, -0.25) is 14.2 Å². The van der Waals surface area contributed by atoms with E-state index in [1.165, 1.54) is 0 Å². The summed E-state index contributed by atoms with van der Waals surface area (Å²) < 4.78 is 14.2. The molecule has 168 valence electrons. The highest BCUT2D eigenvalue weighted by Gasteiger charge is 2.14. The molecular weight excluding hydrogens is 432 g/mol. The topological polar surface area (TPSA) is 86.9 Å². The summed E-state index contributed by atoms with van der Waals surface area (Å²) in [6.07, 6.45) is 3.54. The smallest absolute Gasteiger partial charge is 0.276 e. The predicted octanol–water partition coefficient (Wildman–Crippen LogP) is 3.36. The Morgan fingerprint density at radius 2 is 1.74 bits per heavy atom. The Kier molecular flexibility index (Phi) is 4.76. The molecule has 0 saturated carbocycles. The lowest BCUT2D eigenvalue weighted by molar-refractivity contribution is 0.0951. The molecule has 0 unspecified atom stereocenters. The van der Waals surface area contributed by atoms with E-state index in [-0.39, 0.29) is 18.3 Å². The number of hydrogen-bond donors (Lipinski definition) is 1. The third-order valence-electron chi connectivity index (χ3n) is 5.94. The van der Waals surface area contributed by atoms with E-state index in [1.54, 1.807) is 29.0 Å². The maximum Gasteiger partial charge on any atom is 0.276 e. The molecule has 34 heavy (non-hydrogen) atoms. The maximum atomic E-state index is 13.1. The number of fused-ring (bicyclic) bond motifs is 4. The lowest BCUT2D eigenvalue weighted by atomic mass is 10.1. The van der Waals surface area contributed by atoms with Gasteiger partial charge in [-0.2, -0.15) is 0 Å². The van der Waals surface area contributed by atoms with E-state index in [0.717, 1.165) is 16.6 Å². The monoisotopic (exact) mass is 452 g/mol. The fraction of sp³-hybridized carbons (Fsp3) is 0.115. The number of ether oxygens (including phenoxy) is 2. The van der Waals surface area contributed by atoms with Crippen LogP contribution in [0, 0.1) is 0 Å². The minimum Gasteiger partial charge on any atom is -0.454 e. The zero-order chi connectivity index (χ0) is 23.1. The highest BCUT2D eigenvalue weighted by Crippen LogP contribution is 2.32. The second kappa shape index (κ2) is 8.08. The first-order valence-corrected chi connectivity index (χ1v) is 10.9. The van der Waals surface area contributed by atoms with Crippen molar-refractivity contribution in [3.05, 3.63) is 106 Å². The van der Waals surface area contributed by atoms with Gasteiger partial charge in [0.25, 0.3) is 11.5 Å². The molecule has 0 radical (unpaired) electrons. The molecule has 1 aliphatic heterocycles. The van der Waals surface area contributed by atoms with Crippen molar-refractivity contribution < 1.29 is 14.3 Å². The number of amides is 1. The molecule has 1 amide bonds. The van der Waals surface area contributed by atoms with Gasteiger partial charge in [0.15, 0.2) is 17.1 Å². The van der Waals surface area contributed by atoms with E-state index in [1.807, 2.05) is 59.1 Å². The van der Waals surface area contributed by atoms with E-state index in [9.17, 15) is 9.59 Å². The highest BCUT2D eigenvalue weighted by molar-refractivity contribution is 5.94. The summed E-state index contributed by atoms with van der Waals surface area (Å²) >= 11 is 0. The van der Waals surface area contributed by atoms with E-state index < -0.39 is 0 Å². The van der Waals surface area contributed by atoms with E-state index in [4.69, 9.17) is 9.47 Å². The minimum absolute atomic E-state index is 0.109. The Balaban J connectivity index is 1.21. The maximum absolute atomic E-state index is 13.1. The Morgan fingerprint density at radius 1 is 0.941 bits per heavy atom. The first kappa shape index (κ1) is 20.0. The largest absolute Gasteiger partial charge is 0.454 e. The summed E-state index contributed by atoms with van der Waals surface area (Å²) in [6.45, 7) is 0.948. The van der Waals surface area contributed by atoms with E-state index >= 15 is 0 Å². The summed E-state index contributed by atoms with van der Waals surface area (Å²) in [6, 6.07) is 20.3. The first-order chi connectivity index (χ1) is 16.7. The van der Waals surface area contributed by atoms with Crippen LogP contribution in [0.4, 0.5) is 0 Å². The zero-order valence-corrected chi connectivity index (χ0v) is 18.1. The zero-order valence-electron chi connectivity index (χ0n) is 18.1. The molecule has 1 aliphatic rings. The van der Waals surface area contributed by atoms with Gasteiger partial charge >= 0.3 is 0 Å². The Bertz CT molecular complexity index is 1600. The number of rotatable bonds is 5. The molecule has 0 atom stereocenters. The Morgan fingerprint density at radius 3 is 2.62 bits per heavy atom. The molecule has 0 bridgehead atoms. The molecule has 0 fully saturated rings. The van der Waals surface area contributed by atoms with Crippen molar-refractivity contribution in [2.24, 2.45) is 0 Å². The van der Waals surface area contributed by atoms with Gasteiger partial charge in [-0.05, 0) is 59.7 Å². The molecule has 0 saturated heterocycles. The van der Waals surface area contributed by atoms with Crippen LogP contribution < -0.4 is 20.3 Å². The summed E-state index contributed by atoms with van der Waals surface area (Å²) in [5, 5.41) is 2.92. The Hall–Kier alpha value is -4.59. The van der Waals surface area contributed by atoms with Crippen molar-refractivity contribution in [2.45, 2.75) is 13.1 Å². The van der Waals surface area contributed by atoms with Crippen LogP contribution in [0.15, 0.2) is 83.9 Å². The quantitative estimate of drug-likeness (QED) is 0.442. The second-order valence-electron chi connectivity index (χ2n) is 8.07. The molecule has 0 aliphatic carbocycles. The first-order valence-electron chi connectivity index (χ1n) is 10.9. The van der Waals surface area contributed by atoms with Crippen molar-refractivity contribution in [3.63, 3.8) is 0 Å². The number of nitrogens with one attached hydrogen (secondary N) is 1. The van der Waals surface area contributed by atoms with Gasteiger partial charge < -0.3 is 19.2 Å². The van der Waals surface area contributed by atoms with Gasteiger partial charge in [0.1, 0.15) is 5.52 Å². The predicted molar refractivity (Wildman–Crippen MR) is 126 cm³/mol. The third kappa shape index (κ3) is 3.45. The van der Waals surface area contributed by atoms with Gasteiger partial charge in [-0.15, -0.1) is 0 Å². The fourth-order valence-corrected chi connectivity index (χ4v) is 4.21. The molecule has 8 nitrogen and oxygen atoms in total. The normalized spacial score (nSPS) is 12.4. The van der Waals surface area contributed by atoms with Crippen LogP contribution in [-0.2, 0) is 13.1 Å².